The highest BCUT2D eigenvalue weighted by Gasteiger charge is 2.12. The molecule has 5 heteroatoms. The van der Waals surface area contributed by atoms with Gasteiger partial charge >= 0.3 is 0 Å². The lowest BCUT2D eigenvalue weighted by Gasteiger charge is -2.19. The van der Waals surface area contributed by atoms with E-state index in [-0.39, 0.29) is 11.9 Å². The number of amides is 1. The van der Waals surface area contributed by atoms with Gasteiger partial charge in [0.05, 0.1) is 14.2 Å². The van der Waals surface area contributed by atoms with Gasteiger partial charge in [0.15, 0.2) is 0 Å². The Labute approximate surface area is 114 Å². The Hall–Kier alpha value is -1.75. The second kappa shape index (κ2) is 6.99. The number of hydrogen-bond donors (Lipinski definition) is 1. The Balaban J connectivity index is 2.78. The number of hydrogen-bond acceptors (Lipinski definition) is 4. The highest BCUT2D eigenvalue weighted by Crippen LogP contribution is 2.23. The first-order valence-electron chi connectivity index (χ1n) is 6.17. The van der Waals surface area contributed by atoms with Crippen molar-refractivity contribution >= 4 is 5.91 Å². The van der Waals surface area contributed by atoms with Crippen LogP contribution in [0.5, 0.6) is 11.5 Å². The minimum atomic E-state index is -0.130. The maximum absolute atomic E-state index is 11.9. The fourth-order valence-electron chi connectivity index (χ4n) is 1.75. The number of carbonyl (C=O) groups is 1. The number of carbonyl (C=O) groups excluding carboxylic acids is 1. The molecule has 0 heterocycles. The lowest BCUT2D eigenvalue weighted by Crippen LogP contribution is -2.31. The third kappa shape index (κ3) is 4.79. The first kappa shape index (κ1) is 15.3. The van der Waals surface area contributed by atoms with E-state index in [9.17, 15) is 4.79 Å². The predicted octanol–water partition coefficient (Wildman–Crippen LogP) is 1.40. The van der Waals surface area contributed by atoms with E-state index in [1.165, 1.54) is 0 Å². The van der Waals surface area contributed by atoms with Crippen molar-refractivity contribution in [2.24, 2.45) is 5.73 Å². The van der Waals surface area contributed by atoms with Crippen LogP contribution in [0.15, 0.2) is 18.2 Å². The quantitative estimate of drug-likeness (QED) is 0.845. The largest absolute Gasteiger partial charge is 0.497 e. The highest BCUT2D eigenvalue weighted by molar-refractivity contribution is 5.76. The summed E-state index contributed by atoms with van der Waals surface area (Å²) in [5, 5.41) is 0. The number of rotatable bonds is 6. The maximum Gasteiger partial charge on any atom is 0.224 e. The summed E-state index contributed by atoms with van der Waals surface area (Å²) in [7, 11) is 4.96. The molecule has 0 saturated carbocycles. The molecule has 0 saturated heterocycles. The van der Waals surface area contributed by atoms with Gasteiger partial charge in [0.25, 0.3) is 0 Å². The molecule has 0 fully saturated rings. The van der Waals surface area contributed by atoms with Crippen molar-refractivity contribution in [3.8, 4) is 11.5 Å². The monoisotopic (exact) mass is 266 g/mol. The zero-order valence-corrected chi connectivity index (χ0v) is 12.0. The lowest BCUT2D eigenvalue weighted by molar-refractivity contribution is -0.130. The molecule has 0 aliphatic rings. The van der Waals surface area contributed by atoms with E-state index in [4.69, 9.17) is 15.2 Å². The average Bonchev–Trinajstić information content (AvgIpc) is 2.37. The van der Waals surface area contributed by atoms with Crippen molar-refractivity contribution in [3.05, 3.63) is 23.8 Å². The molecule has 2 N–H and O–H groups in total. The standard InChI is InChI=1S/C14H22N2O3/c1-10(15)5-14(17)16(2)9-11-6-12(18-3)8-13(7-11)19-4/h6-8,10H,5,9,15H2,1-4H3. The zero-order valence-electron chi connectivity index (χ0n) is 12.0. The summed E-state index contributed by atoms with van der Waals surface area (Å²) < 4.78 is 10.4. The molecular weight excluding hydrogens is 244 g/mol. The zero-order chi connectivity index (χ0) is 14.4. The Morgan fingerprint density at radius 3 is 2.21 bits per heavy atom. The first-order chi connectivity index (χ1) is 8.96. The van der Waals surface area contributed by atoms with Crippen molar-refractivity contribution in [1.29, 1.82) is 0 Å². The van der Waals surface area contributed by atoms with Gasteiger partial charge in [-0.2, -0.15) is 0 Å². The normalized spacial score (nSPS) is 11.8. The molecule has 1 rings (SSSR count). The van der Waals surface area contributed by atoms with Gasteiger partial charge in [0.2, 0.25) is 5.91 Å². The molecule has 1 aromatic rings. The van der Waals surface area contributed by atoms with E-state index >= 15 is 0 Å². The van der Waals surface area contributed by atoms with E-state index in [2.05, 4.69) is 0 Å². The molecule has 0 aliphatic heterocycles. The molecule has 0 spiro atoms. The molecule has 1 atom stereocenters. The lowest BCUT2D eigenvalue weighted by atomic mass is 10.1. The fourth-order valence-corrected chi connectivity index (χ4v) is 1.75. The maximum atomic E-state index is 11.9. The summed E-state index contributed by atoms with van der Waals surface area (Å²) in [5.74, 6) is 1.45. The van der Waals surface area contributed by atoms with Crippen molar-refractivity contribution in [2.45, 2.75) is 25.9 Å². The number of benzene rings is 1. The van der Waals surface area contributed by atoms with Crippen molar-refractivity contribution in [1.82, 2.24) is 4.90 Å². The van der Waals surface area contributed by atoms with E-state index in [0.29, 0.717) is 24.5 Å². The Morgan fingerprint density at radius 2 is 1.79 bits per heavy atom. The second-order valence-corrected chi connectivity index (χ2v) is 4.65. The summed E-state index contributed by atoms with van der Waals surface area (Å²) in [6, 6.07) is 5.44. The second-order valence-electron chi connectivity index (χ2n) is 4.65. The van der Waals surface area contributed by atoms with Gasteiger partial charge in [-0.05, 0) is 24.6 Å². The Morgan fingerprint density at radius 1 is 1.26 bits per heavy atom. The van der Waals surface area contributed by atoms with Crippen LogP contribution in [-0.2, 0) is 11.3 Å². The van der Waals surface area contributed by atoms with E-state index < -0.39 is 0 Å². The predicted molar refractivity (Wildman–Crippen MR) is 74.3 cm³/mol. The smallest absolute Gasteiger partial charge is 0.224 e. The van der Waals surface area contributed by atoms with Crippen molar-refractivity contribution in [2.75, 3.05) is 21.3 Å². The number of nitrogens with two attached hydrogens (primary N) is 1. The summed E-state index contributed by atoms with van der Waals surface area (Å²) in [4.78, 5) is 13.5. The van der Waals surface area contributed by atoms with Crippen molar-refractivity contribution in [3.63, 3.8) is 0 Å². The van der Waals surface area contributed by atoms with E-state index in [0.717, 1.165) is 5.56 Å². The summed E-state index contributed by atoms with van der Waals surface area (Å²) in [6.07, 6.45) is 0.345. The van der Waals surface area contributed by atoms with Crippen LogP contribution in [0, 0.1) is 0 Å². The fraction of sp³-hybridized carbons (Fsp3) is 0.500. The molecule has 1 aromatic carbocycles. The van der Waals surface area contributed by atoms with E-state index in [1.54, 1.807) is 32.2 Å². The van der Waals surface area contributed by atoms with Gasteiger partial charge in [-0.1, -0.05) is 0 Å². The first-order valence-corrected chi connectivity index (χ1v) is 6.17. The molecule has 5 nitrogen and oxygen atoms in total. The summed E-state index contributed by atoms with van der Waals surface area (Å²) in [5.41, 5.74) is 6.58. The molecule has 0 bridgehead atoms. The van der Waals surface area contributed by atoms with Crippen LogP contribution in [0.4, 0.5) is 0 Å². The third-order valence-corrected chi connectivity index (χ3v) is 2.75. The van der Waals surface area contributed by atoms with Crippen LogP contribution in [0.25, 0.3) is 0 Å². The molecule has 1 amide bonds. The van der Waals surface area contributed by atoms with Crippen LogP contribution in [0.2, 0.25) is 0 Å². The molecular formula is C14H22N2O3. The third-order valence-electron chi connectivity index (χ3n) is 2.75. The van der Waals surface area contributed by atoms with Gasteiger partial charge in [0.1, 0.15) is 11.5 Å². The van der Waals surface area contributed by atoms with Crippen LogP contribution < -0.4 is 15.2 Å². The Bertz CT molecular complexity index is 410. The SMILES string of the molecule is COc1cc(CN(C)C(=O)CC(C)N)cc(OC)c1. The van der Waals surface area contributed by atoms with Crippen molar-refractivity contribution < 1.29 is 14.3 Å². The van der Waals surface area contributed by atoms with Gasteiger partial charge < -0.3 is 20.1 Å². The topological polar surface area (TPSA) is 64.8 Å². The minimum Gasteiger partial charge on any atom is -0.497 e. The molecule has 0 aliphatic carbocycles. The number of ether oxygens (including phenoxy) is 2. The van der Waals surface area contributed by atoms with Gasteiger partial charge in [-0.3, -0.25) is 4.79 Å². The summed E-state index contributed by atoms with van der Waals surface area (Å²) in [6.45, 7) is 2.32. The van der Waals surface area contributed by atoms with Crippen LogP contribution in [-0.4, -0.2) is 38.1 Å². The van der Waals surface area contributed by atoms with Crippen LogP contribution in [0.1, 0.15) is 18.9 Å². The van der Waals surface area contributed by atoms with Crippen LogP contribution >= 0.6 is 0 Å². The van der Waals surface area contributed by atoms with Gasteiger partial charge in [0, 0.05) is 32.1 Å². The molecule has 1 unspecified atom stereocenters. The molecule has 106 valence electrons. The number of nitrogens with zero attached hydrogens (tertiary/aromatic N) is 1. The number of methoxy groups -OCH3 is 2. The van der Waals surface area contributed by atoms with Gasteiger partial charge in [-0.25, -0.2) is 0 Å². The highest BCUT2D eigenvalue weighted by atomic mass is 16.5. The van der Waals surface area contributed by atoms with Crippen LogP contribution in [0.3, 0.4) is 0 Å². The van der Waals surface area contributed by atoms with Gasteiger partial charge in [-0.15, -0.1) is 0 Å². The molecule has 0 aromatic heterocycles. The van der Waals surface area contributed by atoms with E-state index in [1.807, 2.05) is 19.1 Å². The minimum absolute atomic E-state index is 0.0248. The Kier molecular flexibility index (Phi) is 5.63. The molecule has 19 heavy (non-hydrogen) atoms. The summed E-state index contributed by atoms with van der Waals surface area (Å²) >= 11 is 0. The molecule has 0 radical (unpaired) electrons. The average molecular weight is 266 g/mol.